The Bertz CT molecular complexity index is 640. The van der Waals surface area contributed by atoms with E-state index in [2.05, 4.69) is 51.1 Å². The summed E-state index contributed by atoms with van der Waals surface area (Å²) in [6, 6.07) is 8.56. The highest BCUT2D eigenvalue weighted by Gasteiger charge is 2.28. The van der Waals surface area contributed by atoms with E-state index in [1.165, 1.54) is 5.56 Å². The van der Waals surface area contributed by atoms with Gasteiger partial charge in [-0.1, -0.05) is 45.1 Å². The van der Waals surface area contributed by atoms with Crippen LogP contribution < -0.4 is 4.90 Å². The van der Waals surface area contributed by atoms with Gasteiger partial charge in [-0.3, -0.25) is 9.59 Å². The molecule has 0 saturated carbocycles. The molecule has 142 valence electrons. The van der Waals surface area contributed by atoms with E-state index in [1.807, 2.05) is 11.0 Å². The molecule has 0 spiro atoms. The normalized spacial score (nSPS) is 18.5. The number of nitrogens with zero attached hydrogens (tertiary/aromatic N) is 1. The average molecular weight is 357 g/mol. The molecule has 0 aliphatic carbocycles. The third kappa shape index (κ3) is 5.72. The molecule has 4 nitrogen and oxygen atoms in total. The standard InChI is InChI=1S/C22H31NO3/c1-22(2,3)17-13-15-19(16-14-17)23-18(10-8-11-20(23)24)9-6-4-5-7-12-21(25)26/h4,6,13-16,18H,5,7-12H2,1-3H3,(H,25,26)/b6-4-. The number of carboxylic acid groups (broad SMARTS) is 1. The molecule has 1 fully saturated rings. The van der Waals surface area contributed by atoms with Gasteiger partial charge in [0.05, 0.1) is 0 Å². The first-order valence-corrected chi connectivity index (χ1v) is 9.58. The molecule has 1 aromatic rings. The third-order valence-electron chi connectivity index (χ3n) is 4.91. The van der Waals surface area contributed by atoms with Crippen molar-refractivity contribution in [2.45, 2.75) is 77.2 Å². The SMILES string of the molecule is CC(C)(C)c1ccc(N2C(=O)CCCC2C/C=C\CCCC(=O)O)cc1. The molecule has 1 heterocycles. The summed E-state index contributed by atoms with van der Waals surface area (Å²) < 4.78 is 0. The molecule has 0 radical (unpaired) electrons. The van der Waals surface area contributed by atoms with Crippen LogP contribution >= 0.6 is 0 Å². The van der Waals surface area contributed by atoms with Crippen LogP contribution in [0.15, 0.2) is 36.4 Å². The van der Waals surface area contributed by atoms with Gasteiger partial charge in [0, 0.05) is 24.6 Å². The zero-order chi connectivity index (χ0) is 19.2. The Kier molecular flexibility index (Phi) is 7.01. The summed E-state index contributed by atoms with van der Waals surface area (Å²) in [5.74, 6) is -0.551. The fraction of sp³-hybridized carbons (Fsp3) is 0.545. The number of carbonyl (C=O) groups excluding carboxylic acids is 1. The zero-order valence-corrected chi connectivity index (χ0v) is 16.2. The Balaban J connectivity index is 2.02. The van der Waals surface area contributed by atoms with Crippen molar-refractivity contribution >= 4 is 17.6 Å². The molecular formula is C22H31NO3. The molecule has 1 saturated heterocycles. The van der Waals surface area contributed by atoms with Crippen LogP contribution in [0.25, 0.3) is 0 Å². The Hall–Kier alpha value is -2.10. The fourth-order valence-corrected chi connectivity index (χ4v) is 3.38. The number of piperidine rings is 1. The van der Waals surface area contributed by atoms with Crippen molar-refractivity contribution in [3.63, 3.8) is 0 Å². The first-order valence-electron chi connectivity index (χ1n) is 9.58. The monoisotopic (exact) mass is 357 g/mol. The molecule has 1 amide bonds. The molecule has 1 aliphatic heterocycles. The van der Waals surface area contributed by atoms with Crippen molar-refractivity contribution in [3.8, 4) is 0 Å². The van der Waals surface area contributed by atoms with E-state index < -0.39 is 5.97 Å². The van der Waals surface area contributed by atoms with Crippen LogP contribution in [-0.4, -0.2) is 23.0 Å². The van der Waals surface area contributed by atoms with E-state index in [0.29, 0.717) is 12.8 Å². The molecule has 1 N–H and O–H groups in total. The Morgan fingerprint density at radius 2 is 1.92 bits per heavy atom. The van der Waals surface area contributed by atoms with Gasteiger partial charge in [0.15, 0.2) is 0 Å². The van der Waals surface area contributed by atoms with Gasteiger partial charge in [0.2, 0.25) is 5.91 Å². The highest BCUT2D eigenvalue weighted by atomic mass is 16.4. The molecule has 1 aromatic carbocycles. The van der Waals surface area contributed by atoms with Gasteiger partial charge in [-0.15, -0.1) is 0 Å². The number of allylic oxidation sites excluding steroid dienone is 1. The van der Waals surface area contributed by atoms with E-state index in [9.17, 15) is 9.59 Å². The lowest BCUT2D eigenvalue weighted by Crippen LogP contribution is -2.43. The fourth-order valence-electron chi connectivity index (χ4n) is 3.38. The van der Waals surface area contributed by atoms with Crippen LogP contribution in [0.3, 0.4) is 0 Å². The third-order valence-corrected chi connectivity index (χ3v) is 4.91. The van der Waals surface area contributed by atoms with Gasteiger partial charge >= 0.3 is 5.97 Å². The van der Waals surface area contributed by atoms with Crippen LogP contribution in [-0.2, 0) is 15.0 Å². The number of hydrogen-bond acceptors (Lipinski definition) is 2. The Morgan fingerprint density at radius 3 is 2.54 bits per heavy atom. The lowest BCUT2D eigenvalue weighted by molar-refractivity contribution is -0.137. The summed E-state index contributed by atoms with van der Waals surface area (Å²) in [6.07, 6.45) is 9.16. The molecule has 0 bridgehead atoms. The number of hydrogen-bond donors (Lipinski definition) is 1. The van der Waals surface area contributed by atoms with E-state index in [0.717, 1.165) is 31.4 Å². The lowest BCUT2D eigenvalue weighted by Gasteiger charge is -2.35. The molecule has 0 aromatic heterocycles. The van der Waals surface area contributed by atoms with Gasteiger partial charge in [0.1, 0.15) is 0 Å². The summed E-state index contributed by atoms with van der Waals surface area (Å²) >= 11 is 0. The lowest BCUT2D eigenvalue weighted by atomic mass is 9.87. The predicted octanol–water partition coefficient (Wildman–Crippen LogP) is 5.07. The van der Waals surface area contributed by atoms with Crippen molar-refractivity contribution in [1.29, 1.82) is 0 Å². The van der Waals surface area contributed by atoms with Gasteiger partial charge in [-0.05, 0) is 55.2 Å². The minimum Gasteiger partial charge on any atom is -0.481 e. The minimum atomic E-state index is -0.749. The number of carbonyl (C=O) groups is 2. The smallest absolute Gasteiger partial charge is 0.303 e. The van der Waals surface area contributed by atoms with Crippen molar-refractivity contribution in [3.05, 3.63) is 42.0 Å². The molecular weight excluding hydrogens is 326 g/mol. The number of amides is 1. The van der Waals surface area contributed by atoms with E-state index in [4.69, 9.17) is 5.11 Å². The highest BCUT2D eigenvalue weighted by Crippen LogP contribution is 2.30. The van der Waals surface area contributed by atoms with E-state index in [-0.39, 0.29) is 23.8 Å². The highest BCUT2D eigenvalue weighted by molar-refractivity contribution is 5.94. The number of unbranched alkanes of at least 4 members (excludes halogenated alkanes) is 1. The Labute approximate surface area is 156 Å². The van der Waals surface area contributed by atoms with Gasteiger partial charge in [0.25, 0.3) is 0 Å². The number of carboxylic acids is 1. The summed E-state index contributed by atoms with van der Waals surface area (Å²) in [4.78, 5) is 25.0. The molecule has 1 aliphatic rings. The maximum absolute atomic E-state index is 12.5. The number of rotatable bonds is 7. The van der Waals surface area contributed by atoms with E-state index in [1.54, 1.807) is 0 Å². The molecule has 1 atom stereocenters. The van der Waals surface area contributed by atoms with Gasteiger partial charge in [-0.25, -0.2) is 0 Å². The molecule has 4 heteroatoms. The number of benzene rings is 1. The van der Waals surface area contributed by atoms with Crippen molar-refractivity contribution in [2.75, 3.05) is 4.90 Å². The van der Waals surface area contributed by atoms with Crippen LogP contribution in [0.4, 0.5) is 5.69 Å². The van der Waals surface area contributed by atoms with Crippen LogP contribution in [0.2, 0.25) is 0 Å². The molecule has 26 heavy (non-hydrogen) atoms. The van der Waals surface area contributed by atoms with E-state index >= 15 is 0 Å². The second kappa shape index (κ2) is 9.02. The maximum Gasteiger partial charge on any atom is 0.303 e. The van der Waals surface area contributed by atoms with Crippen molar-refractivity contribution < 1.29 is 14.7 Å². The minimum absolute atomic E-state index is 0.0997. The summed E-state index contributed by atoms with van der Waals surface area (Å²) in [5.41, 5.74) is 2.34. The predicted molar refractivity (Wildman–Crippen MR) is 106 cm³/mol. The first-order chi connectivity index (χ1) is 12.3. The van der Waals surface area contributed by atoms with Gasteiger partial charge in [-0.2, -0.15) is 0 Å². The van der Waals surface area contributed by atoms with Gasteiger partial charge < -0.3 is 10.0 Å². The summed E-state index contributed by atoms with van der Waals surface area (Å²) in [7, 11) is 0. The number of aliphatic carboxylic acids is 1. The summed E-state index contributed by atoms with van der Waals surface area (Å²) in [5, 5.41) is 8.67. The maximum atomic E-state index is 12.5. The number of anilines is 1. The topological polar surface area (TPSA) is 57.6 Å². The van der Waals surface area contributed by atoms with Crippen LogP contribution in [0, 0.1) is 0 Å². The molecule has 1 unspecified atom stereocenters. The average Bonchev–Trinajstić information content (AvgIpc) is 2.57. The summed E-state index contributed by atoms with van der Waals surface area (Å²) in [6.45, 7) is 6.56. The second-order valence-corrected chi connectivity index (χ2v) is 8.10. The quantitative estimate of drug-likeness (QED) is 0.547. The zero-order valence-electron chi connectivity index (χ0n) is 16.2. The molecule has 2 rings (SSSR count). The second-order valence-electron chi connectivity index (χ2n) is 8.10. The largest absolute Gasteiger partial charge is 0.481 e. The first kappa shape index (κ1) is 20.2. The van der Waals surface area contributed by atoms with Crippen molar-refractivity contribution in [1.82, 2.24) is 0 Å². The Morgan fingerprint density at radius 1 is 1.23 bits per heavy atom. The van der Waals surface area contributed by atoms with Crippen LogP contribution in [0.5, 0.6) is 0 Å². The van der Waals surface area contributed by atoms with Crippen molar-refractivity contribution in [2.24, 2.45) is 0 Å². The van der Waals surface area contributed by atoms with Crippen LogP contribution in [0.1, 0.15) is 71.3 Å².